The maximum absolute atomic E-state index is 4.48. The Morgan fingerprint density at radius 2 is 1.39 bits per heavy atom. The molecule has 0 amide bonds. The molecule has 2 saturated heterocycles. The van der Waals surface area contributed by atoms with Gasteiger partial charge in [-0.2, -0.15) is 0 Å². The zero-order valence-corrected chi connectivity index (χ0v) is 16.5. The quantitative estimate of drug-likeness (QED) is 0.785. The summed E-state index contributed by atoms with van der Waals surface area (Å²) in [5, 5.41) is 0. The van der Waals surface area contributed by atoms with E-state index >= 15 is 0 Å². The third kappa shape index (κ3) is 5.49. The van der Waals surface area contributed by atoms with Crippen molar-refractivity contribution in [2.75, 3.05) is 45.8 Å². The second-order valence-electron chi connectivity index (χ2n) is 9.75. The molecule has 23 heavy (non-hydrogen) atoms. The lowest BCUT2D eigenvalue weighted by Gasteiger charge is -2.45. The van der Waals surface area contributed by atoms with Crippen LogP contribution in [0.15, 0.2) is 12.3 Å². The molecule has 0 radical (unpaired) electrons. The lowest BCUT2D eigenvalue weighted by Crippen LogP contribution is -2.53. The maximum Gasteiger partial charge on any atom is 0.0303 e. The average molecular weight is 322 g/mol. The van der Waals surface area contributed by atoms with Crippen molar-refractivity contribution in [3.8, 4) is 0 Å². The van der Waals surface area contributed by atoms with Crippen molar-refractivity contribution in [1.82, 2.24) is 14.7 Å². The lowest BCUT2D eigenvalue weighted by atomic mass is 9.90. The highest BCUT2D eigenvalue weighted by atomic mass is 15.3. The predicted molar refractivity (Wildman–Crippen MR) is 101 cm³/mol. The van der Waals surface area contributed by atoms with Crippen LogP contribution in [0, 0.1) is 11.3 Å². The van der Waals surface area contributed by atoms with Crippen molar-refractivity contribution in [3.05, 3.63) is 12.3 Å². The number of piperazine rings is 1. The molecule has 0 aromatic rings. The van der Waals surface area contributed by atoms with Gasteiger partial charge in [0, 0.05) is 49.9 Å². The first kappa shape index (κ1) is 18.8. The Bertz CT molecular complexity index is 386. The van der Waals surface area contributed by atoms with E-state index in [1.807, 2.05) is 0 Å². The normalized spacial score (nSPS) is 23.3. The van der Waals surface area contributed by atoms with Gasteiger partial charge < -0.3 is 9.80 Å². The number of allylic oxidation sites excluding steroid dienone is 1. The van der Waals surface area contributed by atoms with Crippen LogP contribution in [0.5, 0.6) is 0 Å². The monoisotopic (exact) mass is 321 g/mol. The zero-order chi connectivity index (χ0) is 17.3. The minimum absolute atomic E-state index is 0.297. The minimum atomic E-state index is 0.297. The fourth-order valence-electron chi connectivity index (χ4n) is 4.02. The summed E-state index contributed by atoms with van der Waals surface area (Å²) in [6.45, 7) is 26.8. The summed E-state index contributed by atoms with van der Waals surface area (Å²) >= 11 is 0. The summed E-state index contributed by atoms with van der Waals surface area (Å²) < 4.78 is 0. The van der Waals surface area contributed by atoms with E-state index in [0.717, 1.165) is 13.1 Å². The molecule has 2 fully saturated rings. The number of hydrogen-bond donors (Lipinski definition) is 0. The van der Waals surface area contributed by atoms with Gasteiger partial charge in [-0.05, 0) is 52.1 Å². The van der Waals surface area contributed by atoms with Crippen molar-refractivity contribution in [2.24, 2.45) is 11.3 Å². The smallest absolute Gasteiger partial charge is 0.0303 e. The molecule has 0 atom stereocenters. The minimum Gasteiger partial charge on any atom is -0.372 e. The van der Waals surface area contributed by atoms with Gasteiger partial charge in [-0.25, -0.2) is 0 Å². The third-order valence-electron chi connectivity index (χ3n) is 5.39. The Labute approximate surface area is 144 Å². The highest BCUT2D eigenvalue weighted by molar-refractivity contribution is 5.04. The number of nitrogens with zero attached hydrogens (tertiary/aromatic N) is 3. The standard InChI is InChI=1S/C20H39N3/c1-17(22-12-14-23(15-13-22)20(5,6)7)18-8-10-21(11-9-18)16-19(2,3)4/h18H,1,8-16H2,2-7H3. The fourth-order valence-corrected chi connectivity index (χ4v) is 4.02. The van der Waals surface area contributed by atoms with E-state index in [1.165, 1.54) is 51.3 Å². The first-order valence-corrected chi connectivity index (χ1v) is 9.47. The number of piperidine rings is 1. The van der Waals surface area contributed by atoms with Crippen molar-refractivity contribution in [1.29, 1.82) is 0 Å². The Hall–Kier alpha value is -0.540. The first-order valence-electron chi connectivity index (χ1n) is 9.47. The number of hydrogen-bond acceptors (Lipinski definition) is 3. The highest BCUT2D eigenvalue weighted by Gasteiger charge is 2.30. The molecular formula is C20H39N3. The molecule has 2 heterocycles. The second kappa shape index (κ2) is 7.14. The summed E-state index contributed by atoms with van der Waals surface area (Å²) in [6.07, 6.45) is 2.57. The zero-order valence-electron chi connectivity index (χ0n) is 16.5. The summed E-state index contributed by atoms with van der Waals surface area (Å²) in [5.41, 5.74) is 2.12. The maximum atomic E-state index is 4.48. The van der Waals surface area contributed by atoms with Crippen LogP contribution in [0.1, 0.15) is 54.4 Å². The van der Waals surface area contributed by atoms with Crippen LogP contribution in [0.25, 0.3) is 0 Å². The molecule has 0 unspecified atom stereocenters. The lowest BCUT2D eigenvalue weighted by molar-refractivity contribution is 0.0660. The van der Waals surface area contributed by atoms with Crippen molar-refractivity contribution >= 4 is 0 Å². The van der Waals surface area contributed by atoms with E-state index < -0.39 is 0 Å². The molecule has 3 heteroatoms. The van der Waals surface area contributed by atoms with Crippen LogP contribution in [-0.4, -0.2) is 66.1 Å². The summed E-state index contributed by atoms with van der Waals surface area (Å²) in [6, 6.07) is 0. The van der Waals surface area contributed by atoms with E-state index in [4.69, 9.17) is 0 Å². The van der Waals surface area contributed by atoms with Crippen LogP contribution in [-0.2, 0) is 0 Å². The second-order valence-corrected chi connectivity index (χ2v) is 9.75. The van der Waals surface area contributed by atoms with E-state index in [1.54, 1.807) is 0 Å². The van der Waals surface area contributed by atoms with Gasteiger partial charge in [-0.3, -0.25) is 4.90 Å². The number of likely N-dealkylation sites (tertiary alicyclic amines) is 1. The molecule has 2 aliphatic heterocycles. The highest BCUT2D eigenvalue weighted by Crippen LogP contribution is 2.29. The van der Waals surface area contributed by atoms with Crippen molar-refractivity contribution < 1.29 is 0 Å². The molecule has 0 spiro atoms. The molecule has 3 nitrogen and oxygen atoms in total. The molecule has 0 bridgehead atoms. The van der Waals surface area contributed by atoms with Crippen LogP contribution >= 0.6 is 0 Å². The third-order valence-corrected chi connectivity index (χ3v) is 5.39. The van der Waals surface area contributed by atoms with Gasteiger partial charge in [0.25, 0.3) is 0 Å². The summed E-state index contributed by atoms with van der Waals surface area (Å²) in [4.78, 5) is 7.80. The molecule has 0 aromatic heterocycles. The topological polar surface area (TPSA) is 9.72 Å². The molecule has 0 saturated carbocycles. The molecule has 0 N–H and O–H groups in total. The Kier molecular flexibility index (Phi) is 5.84. The average Bonchev–Trinajstić information content (AvgIpc) is 2.45. The van der Waals surface area contributed by atoms with Gasteiger partial charge in [0.05, 0.1) is 0 Å². The molecular weight excluding hydrogens is 282 g/mol. The molecule has 2 rings (SSSR count). The largest absolute Gasteiger partial charge is 0.372 e. The first-order chi connectivity index (χ1) is 10.6. The van der Waals surface area contributed by atoms with E-state index in [9.17, 15) is 0 Å². The van der Waals surface area contributed by atoms with E-state index in [-0.39, 0.29) is 0 Å². The van der Waals surface area contributed by atoms with Gasteiger partial charge in [-0.1, -0.05) is 27.4 Å². The van der Waals surface area contributed by atoms with Gasteiger partial charge in [-0.15, -0.1) is 0 Å². The molecule has 0 aromatic carbocycles. The van der Waals surface area contributed by atoms with E-state index in [0.29, 0.717) is 16.9 Å². The van der Waals surface area contributed by atoms with Crippen molar-refractivity contribution in [2.45, 2.75) is 59.9 Å². The van der Waals surface area contributed by atoms with Crippen LogP contribution in [0.4, 0.5) is 0 Å². The van der Waals surface area contributed by atoms with Crippen LogP contribution in [0.2, 0.25) is 0 Å². The molecule has 2 aliphatic rings. The fraction of sp³-hybridized carbons (Fsp3) is 0.900. The van der Waals surface area contributed by atoms with Gasteiger partial charge in [0.2, 0.25) is 0 Å². The van der Waals surface area contributed by atoms with Crippen LogP contribution in [0.3, 0.4) is 0 Å². The Morgan fingerprint density at radius 3 is 1.83 bits per heavy atom. The molecule has 0 aliphatic carbocycles. The Morgan fingerprint density at radius 1 is 0.870 bits per heavy atom. The van der Waals surface area contributed by atoms with Gasteiger partial charge >= 0.3 is 0 Å². The molecule has 134 valence electrons. The van der Waals surface area contributed by atoms with Crippen molar-refractivity contribution in [3.63, 3.8) is 0 Å². The predicted octanol–water partition coefficient (Wildman–Crippen LogP) is 3.67. The summed E-state index contributed by atoms with van der Waals surface area (Å²) in [5.74, 6) is 0.701. The Balaban J connectivity index is 1.78. The van der Waals surface area contributed by atoms with E-state index in [2.05, 4.69) is 62.8 Å². The SMILES string of the molecule is C=C(C1CCN(CC(C)(C)C)CC1)N1CCN(C(C)(C)C)CC1. The van der Waals surface area contributed by atoms with Gasteiger partial charge in [0.15, 0.2) is 0 Å². The van der Waals surface area contributed by atoms with Crippen LogP contribution < -0.4 is 0 Å². The number of rotatable bonds is 3. The van der Waals surface area contributed by atoms with Gasteiger partial charge in [0.1, 0.15) is 0 Å². The summed E-state index contributed by atoms with van der Waals surface area (Å²) in [7, 11) is 0.